The van der Waals surface area contributed by atoms with Crippen molar-refractivity contribution >= 4 is 23.4 Å². The molecule has 0 radical (unpaired) electrons. The molecule has 0 aliphatic carbocycles. The maximum absolute atomic E-state index is 12.2. The molecule has 0 spiro atoms. The molecule has 3 nitrogen and oxygen atoms in total. The van der Waals surface area contributed by atoms with Crippen LogP contribution in [0.1, 0.15) is 5.56 Å². The van der Waals surface area contributed by atoms with Gasteiger partial charge in [-0.25, -0.2) is 0 Å². The number of nitrogens with one attached hydrogen (secondary N) is 1. The Kier molecular flexibility index (Phi) is 6.10. The fourth-order valence-corrected chi connectivity index (χ4v) is 2.75. The summed E-state index contributed by atoms with van der Waals surface area (Å²) in [5.41, 5.74) is 1.76. The number of methoxy groups -OCH3 is 1. The molecule has 0 unspecified atom stereocenters. The van der Waals surface area contributed by atoms with Crippen LogP contribution in [0.25, 0.3) is 0 Å². The number of carbonyl (C=O) groups is 1. The normalized spacial score (nSPS) is 10.0. The van der Waals surface area contributed by atoms with Gasteiger partial charge in [-0.2, -0.15) is 0 Å². The highest BCUT2D eigenvalue weighted by atomic mass is 32.2. The van der Waals surface area contributed by atoms with E-state index in [0.29, 0.717) is 6.42 Å². The first-order chi connectivity index (χ1) is 10.7. The third-order valence-electron chi connectivity index (χ3n) is 3.02. The number of rotatable bonds is 7. The van der Waals surface area contributed by atoms with Crippen molar-refractivity contribution in [2.45, 2.75) is 11.3 Å². The number of hydrogen-bond donors (Lipinski definition) is 1. The Morgan fingerprint density at radius 2 is 2.09 bits per heavy atom. The Hall–Kier alpha value is -2.20. The van der Waals surface area contributed by atoms with E-state index < -0.39 is 0 Å². The Labute approximate surface area is 135 Å². The molecule has 22 heavy (non-hydrogen) atoms. The summed E-state index contributed by atoms with van der Waals surface area (Å²) >= 11 is 1.65. The number of amides is 1. The fourth-order valence-electron chi connectivity index (χ4n) is 2.01. The first-order valence-corrected chi connectivity index (χ1v) is 7.97. The first kappa shape index (κ1) is 16.2. The highest BCUT2D eigenvalue weighted by molar-refractivity contribution is 7.99. The third kappa shape index (κ3) is 4.67. The molecule has 0 saturated carbocycles. The molecule has 2 aromatic rings. The smallest absolute Gasteiger partial charge is 0.228 e. The first-order valence-electron chi connectivity index (χ1n) is 6.98. The van der Waals surface area contributed by atoms with Crippen molar-refractivity contribution in [3.63, 3.8) is 0 Å². The van der Waals surface area contributed by atoms with Gasteiger partial charge in [0.05, 0.1) is 19.2 Å². The minimum atomic E-state index is -0.0418. The summed E-state index contributed by atoms with van der Waals surface area (Å²) in [6.07, 6.45) is 2.16. The van der Waals surface area contributed by atoms with Gasteiger partial charge in [-0.15, -0.1) is 18.3 Å². The van der Waals surface area contributed by atoms with E-state index in [-0.39, 0.29) is 5.91 Å². The summed E-state index contributed by atoms with van der Waals surface area (Å²) in [4.78, 5) is 13.3. The molecule has 1 amide bonds. The lowest BCUT2D eigenvalue weighted by Gasteiger charge is -2.10. The summed E-state index contributed by atoms with van der Waals surface area (Å²) in [5.74, 6) is 1.52. The van der Waals surface area contributed by atoms with Gasteiger partial charge in [0.1, 0.15) is 5.75 Å². The Balaban J connectivity index is 2.04. The van der Waals surface area contributed by atoms with Crippen molar-refractivity contribution < 1.29 is 9.53 Å². The molecular formula is C18H19NO2S. The Morgan fingerprint density at radius 3 is 2.86 bits per heavy atom. The second kappa shape index (κ2) is 8.29. The average Bonchev–Trinajstić information content (AvgIpc) is 2.54. The van der Waals surface area contributed by atoms with E-state index in [1.54, 1.807) is 18.9 Å². The van der Waals surface area contributed by atoms with Crippen LogP contribution in [0.3, 0.4) is 0 Å². The quantitative estimate of drug-likeness (QED) is 0.616. The van der Waals surface area contributed by atoms with Crippen molar-refractivity contribution in [1.29, 1.82) is 0 Å². The maximum atomic E-state index is 12.2. The van der Waals surface area contributed by atoms with Crippen molar-refractivity contribution in [3.05, 3.63) is 66.7 Å². The molecule has 0 bridgehead atoms. The standard InChI is InChI=1S/C18H19NO2S/c1-3-11-22-17-10-5-4-9-16(17)19-18(20)13-14-7-6-8-15(12-14)21-2/h3-10,12H,1,11,13H2,2H3,(H,19,20). The van der Waals surface area contributed by atoms with Crippen molar-refractivity contribution in [3.8, 4) is 5.75 Å². The van der Waals surface area contributed by atoms with Gasteiger partial charge in [0.25, 0.3) is 0 Å². The Morgan fingerprint density at radius 1 is 1.27 bits per heavy atom. The molecule has 0 heterocycles. The lowest BCUT2D eigenvalue weighted by atomic mass is 10.1. The molecule has 2 aromatic carbocycles. The molecule has 0 atom stereocenters. The lowest BCUT2D eigenvalue weighted by Crippen LogP contribution is -2.15. The van der Waals surface area contributed by atoms with Crippen LogP contribution in [-0.4, -0.2) is 18.8 Å². The van der Waals surface area contributed by atoms with Crippen molar-refractivity contribution in [2.75, 3.05) is 18.2 Å². The fraction of sp³-hybridized carbons (Fsp3) is 0.167. The van der Waals surface area contributed by atoms with Crippen LogP contribution >= 0.6 is 11.8 Å². The molecular weight excluding hydrogens is 294 g/mol. The number of para-hydroxylation sites is 1. The summed E-state index contributed by atoms with van der Waals surface area (Å²) in [5, 5.41) is 2.97. The molecule has 0 fully saturated rings. The highest BCUT2D eigenvalue weighted by Gasteiger charge is 2.08. The van der Waals surface area contributed by atoms with E-state index >= 15 is 0 Å². The van der Waals surface area contributed by atoms with E-state index in [1.807, 2.05) is 54.6 Å². The minimum absolute atomic E-state index is 0.0418. The largest absolute Gasteiger partial charge is 0.497 e. The predicted octanol–water partition coefficient (Wildman–Crippen LogP) is 4.15. The average molecular weight is 313 g/mol. The summed E-state index contributed by atoms with van der Waals surface area (Å²) in [7, 11) is 1.62. The minimum Gasteiger partial charge on any atom is -0.497 e. The molecule has 114 valence electrons. The SMILES string of the molecule is C=CCSc1ccccc1NC(=O)Cc1cccc(OC)c1. The Bertz CT molecular complexity index is 655. The van der Waals surface area contributed by atoms with Gasteiger partial charge in [0, 0.05) is 10.6 Å². The second-order valence-electron chi connectivity index (χ2n) is 4.67. The monoisotopic (exact) mass is 313 g/mol. The third-order valence-corrected chi connectivity index (χ3v) is 4.09. The zero-order valence-electron chi connectivity index (χ0n) is 12.5. The highest BCUT2D eigenvalue weighted by Crippen LogP contribution is 2.27. The molecule has 1 N–H and O–H groups in total. The molecule has 2 rings (SSSR count). The number of ether oxygens (including phenoxy) is 1. The summed E-state index contributed by atoms with van der Waals surface area (Å²) in [6, 6.07) is 15.3. The van der Waals surface area contributed by atoms with Gasteiger partial charge in [0.2, 0.25) is 5.91 Å². The number of carbonyl (C=O) groups excluding carboxylic acids is 1. The van der Waals surface area contributed by atoms with Crippen molar-refractivity contribution in [2.24, 2.45) is 0 Å². The number of thioether (sulfide) groups is 1. The van der Waals surface area contributed by atoms with E-state index in [0.717, 1.165) is 27.6 Å². The van der Waals surface area contributed by atoms with Gasteiger partial charge in [0.15, 0.2) is 0 Å². The van der Waals surface area contributed by atoms with Crippen LogP contribution in [-0.2, 0) is 11.2 Å². The number of hydrogen-bond acceptors (Lipinski definition) is 3. The van der Waals surface area contributed by atoms with Crippen molar-refractivity contribution in [1.82, 2.24) is 0 Å². The van der Waals surface area contributed by atoms with Crippen LogP contribution in [0.2, 0.25) is 0 Å². The van der Waals surface area contributed by atoms with Gasteiger partial charge < -0.3 is 10.1 Å². The predicted molar refractivity (Wildman–Crippen MR) is 92.7 cm³/mol. The van der Waals surface area contributed by atoms with Gasteiger partial charge in [-0.1, -0.05) is 30.3 Å². The van der Waals surface area contributed by atoms with E-state index in [4.69, 9.17) is 4.74 Å². The van der Waals surface area contributed by atoms with Crippen LogP contribution in [0.15, 0.2) is 66.1 Å². The van der Waals surface area contributed by atoms with E-state index in [2.05, 4.69) is 11.9 Å². The molecule has 0 aliphatic heterocycles. The number of anilines is 1. The lowest BCUT2D eigenvalue weighted by molar-refractivity contribution is -0.115. The van der Waals surface area contributed by atoms with E-state index in [1.165, 1.54) is 0 Å². The maximum Gasteiger partial charge on any atom is 0.228 e. The molecule has 0 aromatic heterocycles. The van der Waals surface area contributed by atoms with Crippen LogP contribution in [0.5, 0.6) is 5.75 Å². The van der Waals surface area contributed by atoms with Gasteiger partial charge in [-0.3, -0.25) is 4.79 Å². The zero-order valence-corrected chi connectivity index (χ0v) is 13.4. The zero-order chi connectivity index (χ0) is 15.8. The molecule has 0 saturated heterocycles. The second-order valence-corrected chi connectivity index (χ2v) is 5.73. The van der Waals surface area contributed by atoms with Crippen LogP contribution < -0.4 is 10.1 Å². The number of benzene rings is 2. The van der Waals surface area contributed by atoms with Gasteiger partial charge >= 0.3 is 0 Å². The van der Waals surface area contributed by atoms with E-state index in [9.17, 15) is 4.79 Å². The summed E-state index contributed by atoms with van der Waals surface area (Å²) in [6.45, 7) is 3.72. The molecule has 4 heteroatoms. The molecule has 0 aliphatic rings. The summed E-state index contributed by atoms with van der Waals surface area (Å²) < 4.78 is 5.17. The van der Waals surface area contributed by atoms with Crippen LogP contribution in [0.4, 0.5) is 5.69 Å². The topological polar surface area (TPSA) is 38.3 Å². The van der Waals surface area contributed by atoms with Gasteiger partial charge in [-0.05, 0) is 29.8 Å². The van der Waals surface area contributed by atoms with Crippen LogP contribution in [0, 0.1) is 0 Å².